The highest BCUT2D eigenvalue weighted by Crippen LogP contribution is 2.25. The van der Waals surface area contributed by atoms with Crippen molar-refractivity contribution >= 4 is 5.97 Å². The van der Waals surface area contributed by atoms with Gasteiger partial charge >= 0.3 is 5.97 Å². The average Bonchev–Trinajstić information content (AvgIpc) is 3.07. The average molecular weight is 376 g/mol. The number of nitrogens with zero attached hydrogens (tertiary/aromatic N) is 4. The van der Waals surface area contributed by atoms with Crippen LogP contribution in [0.25, 0.3) is 0 Å². The Labute approximate surface area is 164 Å². The lowest BCUT2D eigenvalue weighted by molar-refractivity contribution is 0.0515. The SMILES string of the molecule is CCOC(=O)c1nn(Cc2ccccc2)c2c1CN(Cc1cccnc1)CC2. The third-order valence-electron chi connectivity index (χ3n) is 4.99. The number of carbonyl (C=O) groups is 1. The zero-order valence-corrected chi connectivity index (χ0v) is 16.0. The molecule has 2 aromatic heterocycles. The molecule has 6 nitrogen and oxygen atoms in total. The predicted molar refractivity (Wildman–Crippen MR) is 106 cm³/mol. The Morgan fingerprint density at radius 1 is 1.11 bits per heavy atom. The maximum absolute atomic E-state index is 12.5. The molecule has 0 bridgehead atoms. The number of fused-ring (bicyclic) bond motifs is 1. The molecule has 0 atom stereocenters. The van der Waals surface area contributed by atoms with Crippen molar-refractivity contribution in [1.29, 1.82) is 0 Å². The van der Waals surface area contributed by atoms with Crippen LogP contribution in [0, 0.1) is 0 Å². The molecule has 28 heavy (non-hydrogen) atoms. The summed E-state index contributed by atoms with van der Waals surface area (Å²) in [7, 11) is 0. The topological polar surface area (TPSA) is 60.2 Å². The lowest BCUT2D eigenvalue weighted by Gasteiger charge is -2.27. The molecule has 1 aliphatic heterocycles. The van der Waals surface area contributed by atoms with Gasteiger partial charge in [0, 0.05) is 49.7 Å². The summed E-state index contributed by atoms with van der Waals surface area (Å²) in [5, 5.41) is 4.65. The van der Waals surface area contributed by atoms with E-state index in [1.807, 2.05) is 42.1 Å². The maximum atomic E-state index is 12.5. The van der Waals surface area contributed by atoms with Crippen LogP contribution in [0.5, 0.6) is 0 Å². The molecule has 0 amide bonds. The van der Waals surface area contributed by atoms with Crippen molar-refractivity contribution in [3.05, 3.63) is 82.9 Å². The number of benzene rings is 1. The highest BCUT2D eigenvalue weighted by molar-refractivity contribution is 5.89. The number of esters is 1. The van der Waals surface area contributed by atoms with Gasteiger partial charge in [0.05, 0.1) is 13.2 Å². The number of hydrogen-bond acceptors (Lipinski definition) is 5. The summed E-state index contributed by atoms with van der Waals surface area (Å²) < 4.78 is 7.24. The van der Waals surface area contributed by atoms with Gasteiger partial charge in [-0.25, -0.2) is 4.79 Å². The molecule has 1 aromatic carbocycles. The summed E-state index contributed by atoms with van der Waals surface area (Å²) in [6.45, 7) is 5.24. The molecule has 0 aliphatic carbocycles. The number of rotatable bonds is 6. The Morgan fingerprint density at radius 3 is 2.68 bits per heavy atom. The van der Waals surface area contributed by atoms with Crippen LogP contribution in [0.15, 0.2) is 54.9 Å². The summed E-state index contributed by atoms with van der Waals surface area (Å²) in [5.74, 6) is -0.339. The van der Waals surface area contributed by atoms with Crippen molar-refractivity contribution in [2.45, 2.75) is 33.0 Å². The number of hydrogen-bond donors (Lipinski definition) is 0. The van der Waals surface area contributed by atoms with E-state index in [-0.39, 0.29) is 5.97 Å². The molecule has 0 spiro atoms. The minimum atomic E-state index is -0.339. The number of ether oxygens (including phenoxy) is 1. The second-order valence-corrected chi connectivity index (χ2v) is 6.96. The van der Waals surface area contributed by atoms with E-state index in [2.05, 4.69) is 33.2 Å². The molecule has 0 saturated heterocycles. The van der Waals surface area contributed by atoms with Crippen molar-refractivity contribution < 1.29 is 9.53 Å². The molecule has 1 aliphatic rings. The standard InChI is InChI=1S/C22H24N4O2/c1-2-28-22(27)21-19-16-25(14-18-9-6-11-23-13-18)12-10-20(19)26(24-21)15-17-7-4-3-5-8-17/h3-9,11,13H,2,10,12,14-16H2,1H3. The van der Waals surface area contributed by atoms with Gasteiger partial charge in [0.1, 0.15) is 0 Å². The molecular formula is C22H24N4O2. The first-order valence-electron chi connectivity index (χ1n) is 9.65. The molecular weight excluding hydrogens is 352 g/mol. The van der Waals surface area contributed by atoms with Gasteiger partial charge in [-0.1, -0.05) is 36.4 Å². The minimum Gasteiger partial charge on any atom is -0.461 e. The molecule has 0 saturated carbocycles. The van der Waals surface area contributed by atoms with Gasteiger partial charge in [0.25, 0.3) is 0 Å². The Balaban J connectivity index is 1.61. The van der Waals surface area contributed by atoms with E-state index in [0.29, 0.717) is 25.4 Å². The van der Waals surface area contributed by atoms with Crippen LogP contribution < -0.4 is 0 Å². The van der Waals surface area contributed by atoms with Crippen molar-refractivity contribution in [1.82, 2.24) is 19.7 Å². The zero-order chi connectivity index (χ0) is 19.3. The van der Waals surface area contributed by atoms with E-state index in [4.69, 9.17) is 4.74 Å². The van der Waals surface area contributed by atoms with Gasteiger partial charge in [-0.15, -0.1) is 0 Å². The van der Waals surface area contributed by atoms with Crippen LogP contribution in [0.2, 0.25) is 0 Å². The summed E-state index contributed by atoms with van der Waals surface area (Å²) in [4.78, 5) is 19.0. The Morgan fingerprint density at radius 2 is 1.93 bits per heavy atom. The van der Waals surface area contributed by atoms with Crippen LogP contribution in [0.3, 0.4) is 0 Å². The first-order valence-corrected chi connectivity index (χ1v) is 9.65. The Hall–Kier alpha value is -2.99. The van der Waals surface area contributed by atoms with Crippen molar-refractivity contribution in [3.8, 4) is 0 Å². The van der Waals surface area contributed by atoms with Gasteiger partial charge in [-0.3, -0.25) is 14.6 Å². The van der Waals surface area contributed by atoms with Crippen LogP contribution in [-0.4, -0.2) is 38.8 Å². The fourth-order valence-corrected chi connectivity index (χ4v) is 3.68. The van der Waals surface area contributed by atoms with Gasteiger partial charge in [-0.05, 0) is 24.1 Å². The van der Waals surface area contributed by atoms with Crippen LogP contribution in [0.1, 0.15) is 39.8 Å². The molecule has 0 unspecified atom stereocenters. The third-order valence-corrected chi connectivity index (χ3v) is 4.99. The molecule has 0 fully saturated rings. The summed E-state index contributed by atoms with van der Waals surface area (Å²) in [6, 6.07) is 14.2. The molecule has 0 radical (unpaired) electrons. The quantitative estimate of drug-likeness (QED) is 0.619. The first kappa shape index (κ1) is 18.4. The minimum absolute atomic E-state index is 0.339. The van der Waals surface area contributed by atoms with Crippen molar-refractivity contribution in [2.24, 2.45) is 0 Å². The number of pyridine rings is 1. The summed E-state index contributed by atoms with van der Waals surface area (Å²) in [6.07, 6.45) is 4.53. The largest absolute Gasteiger partial charge is 0.461 e. The van der Waals surface area contributed by atoms with Gasteiger partial charge in [0.15, 0.2) is 5.69 Å². The van der Waals surface area contributed by atoms with Crippen LogP contribution >= 0.6 is 0 Å². The highest BCUT2D eigenvalue weighted by Gasteiger charge is 2.28. The van der Waals surface area contributed by atoms with Crippen molar-refractivity contribution in [2.75, 3.05) is 13.2 Å². The van der Waals surface area contributed by atoms with E-state index in [9.17, 15) is 4.79 Å². The van der Waals surface area contributed by atoms with E-state index < -0.39 is 0 Å². The second-order valence-electron chi connectivity index (χ2n) is 6.96. The third kappa shape index (κ3) is 3.97. The smallest absolute Gasteiger partial charge is 0.359 e. The maximum Gasteiger partial charge on any atom is 0.359 e. The number of carbonyl (C=O) groups excluding carboxylic acids is 1. The Kier molecular flexibility index (Phi) is 5.48. The highest BCUT2D eigenvalue weighted by atomic mass is 16.5. The van der Waals surface area contributed by atoms with E-state index in [0.717, 1.165) is 30.8 Å². The predicted octanol–water partition coefficient (Wildman–Crippen LogP) is 3.06. The fourth-order valence-electron chi connectivity index (χ4n) is 3.68. The van der Waals surface area contributed by atoms with E-state index >= 15 is 0 Å². The van der Waals surface area contributed by atoms with Gasteiger partial charge in [0.2, 0.25) is 0 Å². The van der Waals surface area contributed by atoms with Gasteiger partial charge < -0.3 is 4.74 Å². The normalized spacial score (nSPS) is 13.9. The van der Waals surface area contributed by atoms with E-state index in [1.165, 1.54) is 11.1 Å². The van der Waals surface area contributed by atoms with Crippen LogP contribution in [-0.2, 0) is 30.8 Å². The molecule has 3 aromatic rings. The summed E-state index contributed by atoms with van der Waals surface area (Å²) >= 11 is 0. The molecule has 6 heteroatoms. The molecule has 3 heterocycles. The van der Waals surface area contributed by atoms with Crippen LogP contribution in [0.4, 0.5) is 0 Å². The van der Waals surface area contributed by atoms with E-state index in [1.54, 1.807) is 6.20 Å². The van der Waals surface area contributed by atoms with Gasteiger partial charge in [-0.2, -0.15) is 5.10 Å². The fraction of sp³-hybridized carbons (Fsp3) is 0.318. The lowest BCUT2D eigenvalue weighted by atomic mass is 10.0. The summed E-state index contributed by atoms with van der Waals surface area (Å²) in [5.41, 5.74) is 4.91. The molecule has 0 N–H and O–H groups in total. The van der Waals surface area contributed by atoms with Crippen molar-refractivity contribution in [3.63, 3.8) is 0 Å². The molecule has 4 rings (SSSR count). The lowest BCUT2D eigenvalue weighted by Crippen LogP contribution is -2.31. The monoisotopic (exact) mass is 376 g/mol. The zero-order valence-electron chi connectivity index (χ0n) is 16.0. The molecule has 144 valence electrons. The second kappa shape index (κ2) is 8.35. The first-order chi connectivity index (χ1) is 13.7. The Bertz CT molecular complexity index is 938. The number of aromatic nitrogens is 3.